The van der Waals surface area contributed by atoms with Crippen molar-refractivity contribution < 1.29 is 14.3 Å². The van der Waals surface area contributed by atoms with Crippen LogP contribution < -0.4 is 20.1 Å². The van der Waals surface area contributed by atoms with E-state index in [2.05, 4.69) is 20.6 Å². The lowest BCUT2D eigenvalue weighted by Gasteiger charge is -2.25. The Labute approximate surface area is 185 Å². The van der Waals surface area contributed by atoms with E-state index in [1.165, 1.54) is 6.33 Å². The summed E-state index contributed by atoms with van der Waals surface area (Å²) in [5.41, 5.74) is 3.36. The topological polar surface area (TPSA) is 85.4 Å². The minimum absolute atomic E-state index is 0.167. The molecule has 7 heteroatoms. The third kappa shape index (κ3) is 4.37. The molecule has 0 spiro atoms. The lowest BCUT2D eigenvalue weighted by molar-refractivity contribution is -0.125. The molecule has 0 fully saturated rings. The van der Waals surface area contributed by atoms with Crippen LogP contribution >= 0.6 is 0 Å². The molecule has 5 rings (SSSR count). The van der Waals surface area contributed by atoms with Crippen LogP contribution in [0.3, 0.4) is 0 Å². The average Bonchev–Trinajstić information content (AvgIpc) is 2.85. The van der Waals surface area contributed by atoms with Gasteiger partial charge in [-0.3, -0.25) is 4.79 Å². The van der Waals surface area contributed by atoms with Crippen molar-refractivity contribution >= 4 is 23.1 Å². The van der Waals surface area contributed by atoms with Gasteiger partial charge in [0.15, 0.2) is 11.5 Å². The normalized spacial score (nSPS) is 14.4. The minimum Gasteiger partial charge on any atom is -0.485 e. The van der Waals surface area contributed by atoms with E-state index in [4.69, 9.17) is 9.47 Å². The van der Waals surface area contributed by atoms with Crippen LogP contribution in [0.25, 0.3) is 11.3 Å². The molecule has 158 valence electrons. The number of carbonyl (C=O) groups is 1. The zero-order valence-corrected chi connectivity index (χ0v) is 17.1. The summed E-state index contributed by atoms with van der Waals surface area (Å²) in [7, 11) is 0. The van der Waals surface area contributed by atoms with Crippen LogP contribution in [0.1, 0.15) is 0 Å². The number of rotatable bonds is 5. The number of carbonyl (C=O) groups excluding carboxylic acids is 1. The summed E-state index contributed by atoms with van der Waals surface area (Å²) in [5, 5.41) is 6.13. The molecular weight excluding hydrogens is 404 g/mol. The first-order chi connectivity index (χ1) is 15.7. The molecule has 0 saturated heterocycles. The van der Waals surface area contributed by atoms with E-state index in [-0.39, 0.29) is 12.5 Å². The summed E-state index contributed by atoms with van der Waals surface area (Å²) in [6.07, 6.45) is 0.823. The first-order valence-electron chi connectivity index (χ1n) is 10.2. The molecule has 1 aliphatic heterocycles. The molecule has 32 heavy (non-hydrogen) atoms. The number of amides is 1. The maximum Gasteiger partial charge on any atom is 0.269 e. The Balaban J connectivity index is 1.22. The summed E-state index contributed by atoms with van der Waals surface area (Å²) in [5.74, 6) is 1.64. The number of fused-ring (bicyclic) bond motifs is 1. The Bertz CT molecular complexity index is 1230. The smallest absolute Gasteiger partial charge is 0.269 e. The van der Waals surface area contributed by atoms with Crippen LogP contribution in [-0.2, 0) is 4.79 Å². The quantitative estimate of drug-likeness (QED) is 0.484. The Morgan fingerprint density at radius 2 is 1.56 bits per heavy atom. The molecular formula is C25H20N4O3. The number of para-hydroxylation sites is 2. The van der Waals surface area contributed by atoms with E-state index >= 15 is 0 Å². The van der Waals surface area contributed by atoms with Crippen molar-refractivity contribution in [3.8, 4) is 22.8 Å². The molecule has 0 aliphatic carbocycles. The molecule has 4 aromatic rings. The maximum absolute atomic E-state index is 12.6. The number of nitrogens with one attached hydrogen (secondary N) is 2. The fraction of sp³-hybridized carbons (Fsp3) is 0.0800. The molecule has 1 aromatic heterocycles. The first-order valence-corrected chi connectivity index (χ1v) is 10.2. The second kappa shape index (κ2) is 8.77. The molecule has 7 nitrogen and oxygen atoms in total. The summed E-state index contributed by atoms with van der Waals surface area (Å²) in [4.78, 5) is 21.2. The monoisotopic (exact) mass is 424 g/mol. The predicted octanol–water partition coefficient (Wildman–Crippen LogP) is 4.67. The molecule has 1 amide bonds. The molecule has 3 aromatic carbocycles. The van der Waals surface area contributed by atoms with E-state index in [0.717, 1.165) is 16.9 Å². The van der Waals surface area contributed by atoms with Crippen LogP contribution in [0.15, 0.2) is 91.3 Å². The van der Waals surface area contributed by atoms with Crippen molar-refractivity contribution in [1.82, 2.24) is 9.97 Å². The van der Waals surface area contributed by atoms with Gasteiger partial charge in [0.2, 0.25) is 6.10 Å². The maximum atomic E-state index is 12.6. The highest BCUT2D eigenvalue weighted by Gasteiger charge is 2.27. The third-order valence-corrected chi connectivity index (χ3v) is 4.96. The molecule has 2 heterocycles. The highest BCUT2D eigenvalue weighted by molar-refractivity contribution is 5.95. The van der Waals surface area contributed by atoms with Crippen LogP contribution in [0.2, 0.25) is 0 Å². The zero-order chi connectivity index (χ0) is 21.8. The second-order valence-electron chi connectivity index (χ2n) is 7.21. The Kier molecular flexibility index (Phi) is 5.36. The standard InChI is InChI=1S/C25H20N4O3/c30-25(23-15-31-21-8-4-5-9-22(21)32-23)29-19-12-10-18(11-13-19)28-24-14-20(26-16-27-24)17-6-2-1-3-7-17/h1-14,16,23H,15H2,(H,29,30)(H,26,27,28). The summed E-state index contributed by atoms with van der Waals surface area (Å²) >= 11 is 0. The highest BCUT2D eigenvalue weighted by Crippen LogP contribution is 2.31. The number of aromatic nitrogens is 2. The van der Waals surface area contributed by atoms with Crippen molar-refractivity contribution in [2.45, 2.75) is 6.10 Å². The second-order valence-corrected chi connectivity index (χ2v) is 7.21. The number of hydrogen-bond acceptors (Lipinski definition) is 6. The van der Waals surface area contributed by atoms with Crippen molar-refractivity contribution in [2.24, 2.45) is 0 Å². The SMILES string of the molecule is O=C(Nc1ccc(Nc2cc(-c3ccccc3)ncn2)cc1)C1COc2ccccc2O1. The van der Waals surface area contributed by atoms with Gasteiger partial charge in [-0.2, -0.15) is 0 Å². The van der Waals surface area contributed by atoms with Gasteiger partial charge in [-0.05, 0) is 36.4 Å². The van der Waals surface area contributed by atoms with Crippen LogP contribution in [0, 0.1) is 0 Å². The molecule has 0 saturated carbocycles. The highest BCUT2D eigenvalue weighted by atomic mass is 16.6. The molecule has 1 atom stereocenters. The number of benzene rings is 3. The predicted molar refractivity (Wildman–Crippen MR) is 122 cm³/mol. The van der Waals surface area contributed by atoms with Gasteiger partial charge in [0.1, 0.15) is 18.8 Å². The van der Waals surface area contributed by atoms with E-state index < -0.39 is 6.10 Å². The summed E-state index contributed by atoms with van der Waals surface area (Å²) in [6, 6.07) is 26.5. The molecule has 1 unspecified atom stereocenters. The van der Waals surface area contributed by atoms with Crippen LogP contribution in [-0.4, -0.2) is 28.6 Å². The van der Waals surface area contributed by atoms with Gasteiger partial charge < -0.3 is 20.1 Å². The van der Waals surface area contributed by atoms with E-state index in [1.54, 1.807) is 6.07 Å². The van der Waals surface area contributed by atoms with Gasteiger partial charge in [-0.15, -0.1) is 0 Å². The van der Waals surface area contributed by atoms with Gasteiger partial charge in [0.05, 0.1) is 5.69 Å². The number of ether oxygens (including phenoxy) is 2. The number of anilines is 3. The lowest BCUT2D eigenvalue weighted by Crippen LogP contribution is -2.40. The van der Waals surface area contributed by atoms with Gasteiger partial charge in [0.25, 0.3) is 5.91 Å². The zero-order valence-electron chi connectivity index (χ0n) is 17.1. The fourth-order valence-corrected chi connectivity index (χ4v) is 3.35. The molecule has 0 bridgehead atoms. The van der Waals surface area contributed by atoms with Crippen molar-refractivity contribution in [3.05, 3.63) is 91.3 Å². The fourth-order valence-electron chi connectivity index (χ4n) is 3.35. The molecule has 0 radical (unpaired) electrons. The van der Waals surface area contributed by atoms with Crippen molar-refractivity contribution in [3.63, 3.8) is 0 Å². The average molecular weight is 424 g/mol. The van der Waals surface area contributed by atoms with E-state index in [0.29, 0.717) is 23.0 Å². The van der Waals surface area contributed by atoms with E-state index in [9.17, 15) is 4.79 Å². The lowest BCUT2D eigenvalue weighted by atomic mass is 10.1. The largest absolute Gasteiger partial charge is 0.485 e. The Morgan fingerprint density at radius 1 is 0.844 bits per heavy atom. The third-order valence-electron chi connectivity index (χ3n) is 4.96. The van der Waals surface area contributed by atoms with Crippen LogP contribution in [0.4, 0.5) is 17.2 Å². The minimum atomic E-state index is -0.708. The number of hydrogen-bond donors (Lipinski definition) is 2. The van der Waals surface area contributed by atoms with Gasteiger partial charge >= 0.3 is 0 Å². The molecule has 2 N–H and O–H groups in total. The Hall–Kier alpha value is -4.39. The van der Waals surface area contributed by atoms with Gasteiger partial charge in [-0.25, -0.2) is 9.97 Å². The van der Waals surface area contributed by atoms with Gasteiger partial charge in [0, 0.05) is 23.0 Å². The van der Waals surface area contributed by atoms with Gasteiger partial charge in [-0.1, -0.05) is 42.5 Å². The first kappa shape index (κ1) is 19.6. The Morgan fingerprint density at radius 3 is 2.38 bits per heavy atom. The summed E-state index contributed by atoms with van der Waals surface area (Å²) in [6.45, 7) is 0.167. The summed E-state index contributed by atoms with van der Waals surface area (Å²) < 4.78 is 11.4. The van der Waals surface area contributed by atoms with Crippen molar-refractivity contribution in [1.29, 1.82) is 0 Å². The molecule has 1 aliphatic rings. The number of nitrogens with zero attached hydrogens (tertiary/aromatic N) is 2. The van der Waals surface area contributed by atoms with E-state index in [1.807, 2.05) is 78.9 Å². The van der Waals surface area contributed by atoms with Crippen LogP contribution in [0.5, 0.6) is 11.5 Å². The van der Waals surface area contributed by atoms with Crippen molar-refractivity contribution in [2.75, 3.05) is 17.2 Å².